The maximum atomic E-state index is 12.9. The second-order valence-corrected chi connectivity index (χ2v) is 7.65. The van der Waals surface area contributed by atoms with Crippen molar-refractivity contribution >= 4 is 51.1 Å². The molecule has 2 aromatic rings. The molecular weight excluding hydrogens is 440 g/mol. The molecule has 1 saturated heterocycles. The molecular formula is C20H19BrN4O4. The highest BCUT2D eigenvalue weighted by Gasteiger charge is 2.49. The summed E-state index contributed by atoms with van der Waals surface area (Å²) in [5.41, 5.74) is 0.134. The van der Waals surface area contributed by atoms with Gasteiger partial charge in [0.25, 0.3) is 5.91 Å². The van der Waals surface area contributed by atoms with Gasteiger partial charge in [0.2, 0.25) is 11.8 Å². The van der Waals surface area contributed by atoms with Crippen LogP contribution in [0, 0.1) is 0 Å². The van der Waals surface area contributed by atoms with E-state index in [9.17, 15) is 19.2 Å². The van der Waals surface area contributed by atoms with Gasteiger partial charge in [-0.3, -0.25) is 19.3 Å². The summed E-state index contributed by atoms with van der Waals surface area (Å²) in [6, 6.07) is 13.1. The predicted octanol–water partition coefficient (Wildman–Crippen LogP) is 2.81. The molecule has 0 bridgehead atoms. The average Bonchev–Trinajstić information content (AvgIpc) is 2.88. The Kier molecular flexibility index (Phi) is 5.69. The predicted molar refractivity (Wildman–Crippen MR) is 111 cm³/mol. The summed E-state index contributed by atoms with van der Waals surface area (Å²) >= 11 is 3.31. The standard InChI is InChI=1S/C20H19BrN4O4/c1-12(26)22-15-9-8-14(21)10-16(15)23-17(27)11-25-18(28)20(2,24-19(25)29)13-6-4-3-5-7-13/h3-10H,11H2,1-2H3,(H,22,26)(H,23,27)(H,24,29). The molecule has 1 heterocycles. The number of amides is 5. The van der Waals surface area contributed by atoms with Gasteiger partial charge in [-0.05, 0) is 30.7 Å². The number of imide groups is 1. The minimum atomic E-state index is -1.24. The highest BCUT2D eigenvalue weighted by atomic mass is 79.9. The van der Waals surface area contributed by atoms with E-state index in [-0.39, 0.29) is 5.91 Å². The number of anilines is 2. The highest BCUT2D eigenvalue weighted by Crippen LogP contribution is 2.29. The number of carbonyl (C=O) groups is 4. The Hall–Kier alpha value is -3.20. The van der Waals surface area contributed by atoms with Gasteiger partial charge < -0.3 is 16.0 Å². The maximum Gasteiger partial charge on any atom is 0.325 e. The van der Waals surface area contributed by atoms with Crippen molar-refractivity contribution in [2.24, 2.45) is 0 Å². The second kappa shape index (κ2) is 8.04. The third-order valence-corrected chi connectivity index (χ3v) is 4.99. The lowest BCUT2D eigenvalue weighted by molar-refractivity contribution is -0.133. The van der Waals surface area contributed by atoms with E-state index < -0.39 is 29.9 Å². The zero-order chi connectivity index (χ0) is 21.2. The smallest absolute Gasteiger partial charge is 0.325 e. The molecule has 0 saturated carbocycles. The Morgan fingerprint density at radius 1 is 1.07 bits per heavy atom. The van der Waals surface area contributed by atoms with E-state index in [1.807, 2.05) is 6.07 Å². The maximum absolute atomic E-state index is 12.9. The molecule has 0 radical (unpaired) electrons. The van der Waals surface area contributed by atoms with E-state index in [0.29, 0.717) is 21.4 Å². The van der Waals surface area contributed by atoms with Gasteiger partial charge in [-0.2, -0.15) is 0 Å². The van der Waals surface area contributed by atoms with Crippen LogP contribution >= 0.6 is 15.9 Å². The largest absolute Gasteiger partial charge is 0.325 e. The molecule has 1 aliphatic heterocycles. The van der Waals surface area contributed by atoms with Gasteiger partial charge in [0.15, 0.2) is 0 Å². The van der Waals surface area contributed by atoms with E-state index in [1.165, 1.54) is 6.92 Å². The Bertz CT molecular complexity index is 995. The van der Waals surface area contributed by atoms with Crippen LogP contribution in [-0.4, -0.2) is 35.2 Å². The number of urea groups is 1. The van der Waals surface area contributed by atoms with Gasteiger partial charge in [-0.15, -0.1) is 0 Å². The molecule has 0 aliphatic carbocycles. The molecule has 8 nitrogen and oxygen atoms in total. The van der Waals surface area contributed by atoms with Crippen LogP contribution in [0.3, 0.4) is 0 Å². The minimum Gasteiger partial charge on any atom is -0.325 e. The first-order valence-corrected chi connectivity index (χ1v) is 9.56. The molecule has 9 heteroatoms. The number of halogens is 1. The number of nitrogens with zero attached hydrogens (tertiary/aromatic N) is 1. The summed E-state index contributed by atoms with van der Waals surface area (Å²) in [5, 5.41) is 7.91. The van der Waals surface area contributed by atoms with Crippen molar-refractivity contribution in [3.63, 3.8) is 0 Å². The zero-order valence-electron chi connectivity index (χ0n) is 15.8. The first-order chi connectivity index (χ1) is 13.7. The Morgan fingerprint density at radius 3 is 2.41 bits per heavy atom. The van der Waals surface area contributed by atoms with Crippen molar-refractivity contribution < 1.29 is 19.2 Å². The summed E-state index contributed by atoms with van der Waals surface area (Å²) in [6.45, 7) is 2.49. The first-order valence-electron chi connectivity index (χ1n) is 8.77. The van der Waals surface area contributed by atoms with Gasteiger partial charge >= 0.3 is 6.03 Å². The van der Waals surface area contributed by atoms with Crippen LogP contribution in [-0.2, 0) is 19.9 Å². The summed E-state index contributed by atoms with van der Waals surface area (Å²) < 4.78 is 0.688. The van der Waals surface area contributed by atoms with Gasteiger partial charge in [0, 0.05) is 11.4 Å². The van der Waals surface area contributed by atoms with Crippen molar-refractivity contribution in [2.45, 2.75) is 19.4 Å². The molecule has 0 spiro atoms. The number of hydrogen-bond donors (Lipinski definition) is 3. The van der Waals surface area contributed by atoms with Crippen molar-refractivity contribution in [1.29, 1.82) is 0 Å². The molecule has 1 unspecified atom stereocenters. The molecule has 1 atom stereocenters. The molecule has 1 aliphatic rings. The lowest BCUT2D eigenvalue weighted by atomic mass is 9.92. The second-order valence-electron chi connectivity index (χ2n) is 6.73. The molecule has 29 heavy (non-hydrogen) atoms. The summed E-state index contributed by atoms with van der Waals surface area (Å²) in [7, 11) is 0. The fraction of sp³-hybridized carbons (Fsp3) is 0.200. The van der Waals surface area contributed by atoms with E-state index in [2.05, 4.69) is 31.9 Å². The fourth-order valence-electron chi connectivity index (χ4n) is 3.06. The number of rotatable bonds is 5. The fourth-order valence-corrected chi connectivity index (χ4v) is 3.42. The van der Waals surface area contributed by atoms with E-state index >= 15 is 0 Å². The molecule has 150 valence electrons. The van der Waals surface area contributed by atoms with Crippen molar-refractivity contribution in [3.05, 3.63) is 58.6 Å². The van der Waals surface area contributed by atoms with Gasteiger partial charge in [0.1, 0.15) is 12.1 Å². The highest BCUT2D eigenvalue weighted by molar-refractivity contribution is 9.10. The number of benzene rings is 2. The van der Waals surface area contributed by atoms with Gasteiger partial charge in [-0.25, -0.2) is 4.79 Å². The first kappa shape index (κ1) is 20.5. The average molecular weight is 459 g/mol. The number of hydrogen-bond acceptors (Lipinski definition) is 4. The monoisotopic (exact) mass is 458 g/mol. The summed E-state index contributed by atoms with van der Waals surface area (Å²) in [5.74, 6) is -1.38. The molecule has 1 fully saturated rings. The van der Waals surface area contributed by atoms with Crippen LogP contribution in [0.4, 0.5) is 16.2 Å². The molecule has 2 aromatic carbocycles. The topological polar surface area (TPSA) is 108 Å². The van der Waals surface area contributed by atoms with Crippen LogP contribution in [0.5, 0.6) is 0 Å². The Labute approximate surface area is 175 Å². The Morgan fingerprint density at radius 2 is 1.76 bits per heavy atom. The number of carbonyl (C=O) groups excluding carboxylic acids is 4. The third kappa shape index (κ3) is 4.29. The van der Waals surface area contributed by atoms with Crippen LogP contribution in [0.15, 0.2) is 53.0 Å². The van der Waals surface area contributed by atoms with Gasteiger partial charge in [-0.1, -0.05) is 46.3 Å². The molecule has 3 N–H and O–H groups in total. The zero-order valence-corrected chi connectivity index (χ0v) is 17.4. The number of nitrogens with one attached hydrogen (secondary N) is 3. The van der Waals surface area contributed by atoms with Crippen molar-refractivity contribution in [1.82, 2.24) is 10.2 Å². The normalized spacial score (nSPS) is 18.4. The lowest BCUT2D eigenvalue weighted by Crippen LogP contribution is -2.42. The quantitative estimate of drug-likeness (QED) is 0.598. The van der Waals surface area contributed by atoms with E-state index in [1.54, 1.807) is 49.4 Å². The molecule has 0 aromatic heterocycles. The molecule has 5 amide bonds. The van der Waals surface area contributed by atoms with Crippen molar-refractivity contribution in [2.75, 3.05) is 17.2 Å². The summed E-state index contributed by atoms with van der Waals surface area (Å²) in [6.07, 6.45) is 0. The SMILES string of the molecule is CC(=O)Nc1ccc(Br)cc1NC(=O)CN1C(=O)NC(C)(c2ccccc2)C1=O. The minimum absolute atomic E-state index is 0.296. The van der Waals surface area contributed by atoms with Crippen LogP contribution < -0.4 is 16.0 Å². The van der Waals surface area contributed by atoms with Gasteiger partial charge in [0.05, 0.1) is 11.4 Å². The molecule has 3 rings (SSSR count). The third-order valence-electron chi connectivity index (χ3n) is 4.49. The van der Waals surface area contributed by atoms with Crippen LogP contribution in [0.2, 0.25) is 0 Å². The lowest BCUT2D eigenvalue weighted by Gasteiger charge is -2.22. The van der Waals surface area contributed by atoms with Crippen molar-refractivity contribution in [3.8, 4) is 0 Å². The van der Waals surface area contributed by atoms with Crippen LogP contribution in [0.25, 0.3) is 0 Å². The van der Waals surface area contributed by atoms with E-state index in [0.717, 1.165) is 4.90 Å². The van der Waals surface area contributed by atoms with Crippen LogP contribution in [0.1, 0.15) is 19.4 Å². The Balaban J connectivity index is 1.76. The summed E-state index contributed by atoms with van der Waals surface area (Å²) in [4.78, 5) is 50.1. The van der Waals surface area contributed by atoms with E-state index in [4.69, 9.17) is 0 Å².